The van der Waals surface area contributed by atoms with E-state index < -0.39 is 6.16 Å². The van der Waals surface area contributed by atoms with Crippen LogP contribution in [0.1, 0.15) is 10.4 Å². The third-order valence-electron chi connectivity index (χ3n) is 1.86. The van der Waals surface area contributed by atoms with E-state index in [4.69, 9.17) is 4.74 Å². The molecule has 0 bridgehead atoms. The van der Waals surface area contributed by atoms with Crippen molar-refractivity contribution in [2.24, 2.45) is 0 Å². The van der Waals surface area contributed by atoms with Crippen LogP contribution in [-0.4, -0.2) is 13.3 Å². The number of nitrogens with one attached hydrogen (secondary N) is 1. The third-order valence-corrected chi connectivity index (χ3v) is 2.76. The van der Waals surface area contributed by atoms with Gasteiger partial charge in [0.25, 0.3) is 0 Å². The number of thiophene rings is 1. The van der Waals surface area contributed by atoms with Crippen molar-refractivity contribution in [1.82, 2.24) is 5.32 Å². The molecule has 82 valence electrons. The van der Waals surface area contributed by atoms with E-state index in [1.807, 2.05) is 11.4 Å². The van der Waals surface area contributed by atoms with Gasteiger partial charge in [0, 0.05) is 17.5 Å². The Labute approximate surface area is 97.3 Å². The van der Waals surface area contributed by atoms with Gasteiger partial charge in [0.15, 0.2) is 0 Å². The molecule has 1 aliphatic heterocycles. The van der Waals surface area contributed by atoms with Crippen molar-refractivity contribution in [3.63, 3.8) is 0 Å². The summed E-state index contributed by atoms with van der Waals surface area (Å²) in [4.78, 5) is 11.9. The number of carbonyl (C=O) groups excluding carboxylic acids is 1. The average molecular weight is 248 g/mol. The summed E-state index contributed by atoms with van der Waals surface area (Å²) in [6.45, 7) is 0.682. The molecule has 0 aliphatic carbocycles. The Kier molecular flexibility index (Phi) is 3.99. The first kappa shape index (κ1) is 11.9. The first-order valence-electron chi connectivity index (χ1n) is 4.07. The fourth-order valence-corrected chi connectivity index (χ4v) is 2.02. The molecule has 1 N–H and O–H groups in total. The fraction of sp³-hybridized carbons (Fsp3) is 0.222. The van der Waals surface area contributed by atoms with Crippen LogP contribution in [0.25, 0.3) is 6.08 Å². The Morgan fingerprint density at radius 1 is 1.60 bits per heavy atom. The zero-order valence-electron chi connectivity index (χ0n) is 7.98. The highest BCUT2D eigenvalue weighted by atomic mass is 35.5. The van der Waals surface area contributed by atoms with Crippen LogP contribution >= 0.6 is 23.7 Å². The highest BCUT2D eigenvalue weighted by Crippen LogP contribution is 2.23. The summed E-state index contributed by atoms with van der Waals surface area (Å²) in [5.41, 5.74) is 1.22. The Bertz CT molecular complexity index is 388. The number of rotatable bonds is 1. The average Bonchev–Trinajstić information content (AvgIpc) is 2.64. The summed E-state index contributed by atoms with van der Waals surface area (Å²) in [7, 11) is 1.28. The molecule has 0 spiro atoms. The van der Waals surface area contributed by atoms with E-state index in [0.29, 0.717) is 12.4 Å². The molecule has 1 aliphatic rings. The molecule has 1 aromatic rings. The van der Waals surface area contributed by atoms with Crippen LogP contribution in [0.4, 0.5) is 4.79 Å². The van der Waals surface area contributed by atoms with Crippen molar-refractivity contribution in [1.29, 1.82) is 0 Å². The van der Waals surface area contributed by atoms with Gasteiger partial charge in [-0.15, -0.1) is 23.7 Å². The third kappa shape index (κ3) is 2.64. The van der Waals surface area contributed by atoms with Crippen molar-refractivity contribution in [2.45, 2.75) is 6.54 Å². The number of hydrogen-bond acceptors (Lipinski definition) is 5. The van der Waals surface area contributed by atoms with Crippen LogP contribution in [0.5, 0.6) is 0 Å². The molecule has 0 aromatic carbocycles. The maximum Gasteiger partial charge on any atom is 0.514 e. The molecule has 0 unspecified atom stereocenters. The lowest BCUT2D eigenvalue weighted by molar-refractivity contribution is 0.0925. The summed E-state index contributed by atoms with van der Waals surface area (Å²) in [5, 5.41) is 4.98. The molecule has 0 fully saturated rings. The van der Waals surface area contributed by atoms with Gasteiger partial charge in [0.05, 0.1) is 7.11 Å². The van der Waals surface area contributed by atoms with Crippen LogP contribution < -0.4 is 5.32 Å². The lowest BCUT2D eigenvalue weighted by Gasteiger charge is -2.14. The number of hydrogen-bond donors (Lipinski definition) is 1. The van der Waals surface area contributed by atoms with Crippen molar-refractivity contribution in [3.8, 4) is 0 Å². The molecule has 2 heterocycles. The molecule has 0 radical (unpaired) electrons. The Hall–Kier alpha value is -1.20. The van der Waals surface area contributed by atoms with E-state index in [2.05, 4.69) is 10.1 Å². The number of ether oxygens (including phenoxy) is 2. The molecule has 0 atom stereocenters. The minimum atomic E-state index is -0.705. The summed E-state index contributed by atoms with van der Waals surface area (Å²) >= 11 is 1.62. The van der Waals surface area contributed by atoms with Crippen molar-refractivity contribution >= 4 is 36.0 Å². The SMILES string of the molecule is COC(=O)OC1=Cc2sccc2CN1.Cl. The molecule has 0 amide bonds. The molecular formula is C9H10ClNO3S. The second-order valence-electron chi connectivity index (χ2n) is 2.73. The second-order valence-corrected chi connectivity index (χ2v) is 3.68. The monoisotopic (exact) mass is 247 g/mol. The van der Waals surface area contributed by atoms with E-state index in [1.165, 1.54) is 12.7 Å². The van der Waals surface area contributed by atoms with Crippen LogP contribution in [0, 0.1) is 0 Å². The Morgan fingerprint density at radius 2 is 2.40 bits per heavy atom. The molecule has 1 aromatic heterocycles. The smallest absolute Gasteiger partial charge is 0.437 e. The van der Waals surface area contributed by atoms with Gasteiger partial charge in [-0.05, 0) is 17.0 Å². The normalized spacial score (nSPS) is 12.7. The molecular weight excluding hydrogens is 238 g/mol. The van der Waals surface area contributed by atoms with E-state index in [9.17, 15) is 4.79 Å². The number of carbonyl (C=O) groups is 1. The predicted molar refractivity (Wildman–Crippen MR) is 59.9 cm³/mol. The maximum atomic E-state index is 10.8. The van der Waals surface area contributed by atoms with Gasteiger partial charge in [-0.3, -0.25) is 0 Å². The number of fused-ring (bicyclic) bond motifs is 1. The van der Waals surface area contributed by atoms with Crippen molar-refractivity contribution in [3.05, 3.63) is 27.8 Å². The van der Waals surface area contributed by atoms with Gasteiger partial charge in [-0.1, -0.05) is 0 Å². The first-order valence-corrected chi connectivity index (χ1v) is 4.95. The molecule has 0 saturated heterocycles. The summed E-state index contributed by atoms with van der Waals surface area (Å²) in [5.74, 6) is 0.437. The van der Waals surface area contributed by atoms with E-state index in [1.54, 1.807) is 17.4 Å². The van der Waals surface area contributed by atoms with Crippen LogP contribution in [0.15, 0.2) is 17.3 Å². The van der Waals surface area contributed by atoms with Gasteiger partial charge in [-0.2, -0.15) is 0 Å². The van der Waals surface area contributed by atoms with E-state index in [0.717, 1.165) is 4.88 Å². The Balaban J connectivity index is 0.00000112. The van der Waals surface area contributed by atoms with Crippen molar-refractivity contribution < 1.29 is 14.3 Å². The molecule has 4 nitrogen and oxygen atoms in total. The lowest BCUT2D eigenvalue weighted by Crippen LogP contribution is -2.21. The van der Waals surface area contributed by atoms with Gasteiger partial charge in [0.1, 0.15) is 0 Å². The van der Waals surface area contributed by atoms with Gasteiger partial charge in [0.2, 0.25) is 5.88 Å². The zero-order valence-corrected chi connectivity index (χ0v) is 9.61. The molecule has 15 heavy (non-hydrogen) atoms. The van der Waals surface area contributed by atoms with Crippen molar-refractivity contribution in [2.75, 3.05) is 7.11 Å². The fourth-order valence-electron chi connectivity index (χ4n) is 1.17. The molecule has 2 rings (SSSR count). The first-order chi connectivity index (χ1) is 6.79. The predicted octanol–water partition coefficient (Wildman–Crippen LogP) is 2.35. The Morgan fingerprint density at radius 3 is 3.13 bits per heavy atom. The maximum absolute atomic E-state index is 10.8. The van der Waals surface area contributed by atoms with Crippen LogP contribution in [0.2, 0.25) is 0 Å². The largest absolute Gasteiger partial charge is 0.514 e. The number of halogens is 1. The zero-order chi connectivity index (χ0) is 9.97. The summed E-state index contributed by atoms with van der Waals surface area (Å²) in [6, 6.07) is 2.04. The molecule has 0 saturated carbocycles. The van der Waals surface area contributed by atoms with Crippen LogP contribution in [-0.2, 0) is 16.0 Å². The van der Waals surface area contributed by atoms with E-state index in [-0.39, 0.29) is 12.4 Å². The summed E-state index contributed by atoms with van der Waals surface area (Å²) < 4.78 is 9.25. The van der Waals surface area contributed by atoms with Gasteiger partial charge < -0.3 is 14.8 Å². The quantitative estimate of drug-likeness (QED) is 0.774. The van der Waals surface area contributed by atoms with Crippen LogP contribution in [0.3, 0.4) is 0 Å². The second kappa shape index (κ2) is 5.04. The molecule has 6 heteroatoms. The highest BCUT2D eigenvalue weighted by molar-refractivity contribution is 7.11. The lowest BCUT2D eigenvalue weighted by atomic mass is 10.2. The minimum Gasteiger partial charge on any atom is -0.437 e. The topological polar surface area (TPSA) is 47.6 Å². The van der Waals surface area contributed by atoms with Gasteiger partial charge >= 0.3 is 6.16 Å². The minimum absolute atomic E-state index is 0. The standard InChI is InChI=1S/C9H9NO3S.ClH/c1-12-9(11)13-8-4-7-6(5-10-8)2-3-14-7;/h2-4,10H,5H2,1H3;1H. The number of methoxy groups -OCH3 is 1. The highest BCUT2D eigenvalue weighted by Gasteiger charge is 2.14. The van der Waals surface area contributed by atoms with E-state index >= 15 is 0 Å². The summed E-state index contributed by atoms with van der Waals surface area (Å²) in [6.07, 6.45) is 1.09. The van der Waals surface area contributed by atoms with Gasteiger partial charge in [-0.25, -0.2) is 4.79 Å².